The summed E-state index contributed by atoms with van der Waals surface area (Å²) in [6.45, 7) is 1.73. The van der Waals surface area contributed by atoms with Crippen LogP contribution in [0.1, 0.15) is 23.7 Å². The highest BCUT2D eigenvalue weighted by Gasteiger charge is 2.12. The molecule has 1 aromatic rings. The van der Waals surface area contributed by atoms with Gasteiger partial charge in [-0.25, -0.2) is 8.42 Å². The average molecular weight is 271 g/mol. The normalized spacial score (nSPS) is 13.1. The van der Waals surface area contributed by atoms with E-state index in [9.17, 15) is 13.2 Å². The number of aliphatic hydroxyl groups is 1. The van der Waals surface area contributed by atoms with Crippen LogP contribution in [0.3, 0.4) is 0 Å². The number of benzene rings is 1. The monoisotopic (exact) mass is 271 g/mol. The second-order valence-corrected chi connectivity index (χ2v) is 6.07. The van der Waals surface area contributed by atoms with Gasteiger partial charge in [-0.3, -0.25) is 4.79 Å². The highest BCUT2D eigenvalue weighted by Crippen LogP contribution is 2.10. The highest BCUT2D eigenvalue weighted by molar-refractivity contribution is 7.90. The SMILES string of the molecule is CC[C@H](CO)NC(=O)c1ccc(S(C)(=O)=O)cc1. The molecule has 5 nitrogen and oxygen atoms in total. The van der Waals surface area contributed by atoms with Gasteiger partial charge in [0.25, 0.3) is 5.91 Å². The van der Waals surface area contributed by atoms with Crippen molar-refractivity contribution >= 4 is 15.7 Å². The fraction of sp³-hybridized carbons (Fsp3) is 0.417. The van der Waals surface area contributed by atoms with Crippen LogP contribution >= 0.6 is 0 Å². The van der Waals surface area contributed by atoms with Gasteiger partial charge in [0.1, 0.15) is 0 Å². The lowest BCUT2D eigenvalue weighted by Crippen LogP contribution is -2.36. The molecule has 0 heterocycles. The third kappa shape index (κ3) is 3.82. The summed E-state index contributed by atoms with van der Waals surface area (Å²) < 4.78 is 22.5. The molecule has 18 heavy (non-hydrogen) atoms. The van der Waals surface area contributed by atoms with Crippen LogP contribution in [-0.2, 0) is 9.84 Å². The Kier molecular flexibility index (Phi) is 4.86. The number of amides is 1. The number of sulfone groups is 1. The smallest absolute Gasteiger partial charge is 0.251 e. The molecule has 0 unspecified atom stereocenters. The maximum Gasteiger partial charge on any atom is 0.251 e. The van der Waals surface area contributed by atoms with Crippen molar-refractivity contribution in [3.8, 4) is 0 Å². The minimum atomic E-state index is -3.25. The zero-order valence-electron chi connectivity index (χ0n) is 10.4. The third-order valence-corrected chi connectivity index (χ3v) is 3.72. The molecule has 1 amide bonds. The van der Waals surface area contributed by atoms with E-state index in [1.807, 2.05) is 6.92 Å². The standard InChI is InChI=1S/C12H17NO4S/c1-3-10(8-14)13-12(15)9-4-6-11(7-5-9)18(2,16)17/h4-7,10,14H,3,8H2,1-2H3,(H,13,15)/t10-/m1/s1. The van der Waals surface area contributed by atoms with Crippen LogP contribution in [0.15, 0.2) is 29.2 Å². The first-order chi connectivity index (χ1) is 8.38. The topological polar surface area (TPSA) is 83.5 Å². The highest BCUT2D eigenvalue weighted by atomic mass is 32.2. The Hall–Kier alpha value is -1.40. The molecule has 1 atom stereocenters. The summed E-state index contributed by atoms with van der Waals surface area (Å²) in [6.07, 6.45) is 1.74. The number of aliphatic hydroxyl groups excluding tert-OH is 1. The first-order valence-electron chi connectivity index (χ1n) is 5.60. The van der Waals surface area contributed by atoms with Crippen molar-refractivity contribution in [2.24, 2.45) is 0 Å². The Bertz CT molecular complexity index is 503. The number of rotatable bonds is 5. The van der Waals surface area contributed by atoms with E-state index in [-0.39, 0.29) is 23.5 Å². The zero-order chi connectivity index (χ0) is 13.8. The fourth-order valence-electron chi connectivity index (χ4n) is 1.40. The van der Waals surface area contributed by atoms with Crippen LogP contribution in [0.4, 0.5) is 0 Å². The number of hydrogen-bond acceptors (Lipinski definition) is 4. The molecule has 0 spiro atoms. The van der Waals surface area contributed by atoms with Crippen molar-refractivity contribution in [2.75, 3.05) is 12.9 Å². The molecule has 100 valence electrons. The second kappa shape index (κ2) is 5.97. The Labute approximate surface area is 107 Å². The molecule has 0 radical (unpaired) electrons. The Morgan fingerprint density at radius 1 is 1.33 bits per heavy atom. The first kappa shape index (κ1) is 14.7. The molecule has 0 fully saturated rings. The lowest BCUT2D eigenvalue weighted by molar-refractivity contribution is 0.0915. The van der Waals surface area contributed by atoms with E-state index in [1.54, 1.807) is 0 Å². The van der Waals surface area contributed by atoms with E-state index in [0.29, 0.717) is 12.0 Å². The Morgan fingerprint density at radius 2 is 1.89 bits per heavy atom. The molecular weight excluding hydrogens is 254 g/mol. The lowest BCUT2D eigenvalue weighted by Gasteiger charge is -2.13. The first-order valence-corrected chi connectivity index (χ1v) is 7.49. The maximum absolute atomic E-state index is 11.8. The van der Waals surface area contributed by atoms with E-state index in [1.165, 1.54) is 24.3 Å². The van der Waals surface area contributed by atoms with Gasteiger partial charge in [-0.05, 0) is 30.7 Å². The summed E-state index contributed by atoms with van der Waals surface area (Å²) in [4.78, 5) is 11.9. The van der Waals surface area contributed by atoms with Crippen LogP contribution in [-0.4, -0.2) is 38.3 Å². The summed E-state index contributed by atoms with van der Waals surface area (Å²) in [5.74, 6) is -0.323. The van der Waals surface area contributed by atoms with Gasteiger partial charge in [-0.15, -0.1) is 0 Å². The fourth-order valence-corrected chi connectivity index (χ4v) is 2.03. The van der Waals surface area contributed by atoms with E-state index < -0.39 is 9.84 Å². The second-order valence-electron chi connectivity index (χ2n) is 4.06. The van der Waals surface area contributed by atoms with Gasteiger partial charge in [-0.1, -0.05) is 6.92 Å². The summed E-state index contributed by atoms with van der Waals surface area (Å²) in [7, 11) is -3.25. The molecule has 0 bridgehead atoms. The average Bonchev–Trinajstić information content (AvgIpc) is 2.34. The van der Waals surface area contributed by atoms with Crippen molar-refractivity contribution in [1.29, 1.82) is 0 Å². The lowest BCUT2D eigenvalue weighted by atomic mass is 10.2. The predicted molar refractivity (Wildman–Crippen MR) is 68.2 cm³/mol. The molecular formula is C12H17NO4S. The Morgan fingerprint density at radius 3 is 2.28 bits per heavy atom. The van der Waals surface area contributed by atoms with Crippen molar-refractivity contribution in [3.05, 3.63) is 29.8 Å². The van der Waals surface area contributed by atoms with Crippen molar-refractivity contribution < 1.29 is 18.3 Å². The maximum atomic E-state index is 11.8. The van der Waals surface area contributed by atoms with Gasteiger partial charge < -0.3 is 10.4 Å². The third-order valence-electron chi connectivity index (χ3n) is 2.59. The van der Waals surface area contributed by atoms with Crippen molar-refractivity contribution in [3.63, 3.8) is 0 Å². The van der Waals surface area contributed by atoms with E-state index >= 15 is 0 Å². The predicted octanol–water partition coefficient (Wildman–Crippen LogP) is 0.591. The quantitative estimate of drug-likeness (QED) is 0.821. The van der Waals surface area contributed by atoms with Crippen LogP contribution < -0.4 is 5.32 Å². The molecule has 0 aliphatic heterocycles. The van der Waals surface area contributed by atoms with Gasteiger partial charge in [0.15, 0.2) is 9.84 Å². The number of carbonyl (C=O) groups excluding carboxylic acids is 1. The van der Waals surface area contributed by atoms with E-state index in [0.717, 1.165) is 6.26 Å². The van der Waals surface area contributed by atoms with E-state index in [2.05, 4.69) is 5.32 Å². The largest absolute Gasteiger partial charge is 0.394 e. The molecule has 0 aromatic heterocycles. The molecule has 6 heteroatoms. The zero-order valence-corrected chi connectivity index (χ0v) is 11.2. The van der Waals surface area contributed by atoms with Gasteiger partial charge in [-0.2, -0.15) is 0 Å². The van der Waals surface area contributed by atoms with Crippen LogP contribution in [0, 0.1) is 0 Å². The molecule has 0 saturated heterocycles. The minimum Gasteiger partial charge on any atom is -0.394 e. The molecule has 0 saturated carbocycles. The number of nitrogens with one attached hydrogen (secondary N) is 1. The molecule has 2 N–H and O–H groups in total. The summed E-state index contributed by atoms with van der Waals surface area (Å²) in [5.41, 5.74) is 0.370. The van der Waals surface area contributed by atoms with E-state index in [4.69, 9.17) is 5.11 Å². The van der Waals surface area contributed by atoms with Crippen LogP contribution in [0.25, 0.3) is 0 Å². The van der Waals surface area contributed by atoms with Crippen LogP contribution in [0.2, 0.25) is 0 Å². The molecule has 0 aliphatic carbocycles. The molecule has 1 aromatic carbocycles. The molecule has 1 rings (SSSR count). The van der Waals surface area contributed by atoms with Crippen molar-refractivity contribution in [2.45, 2.75) is 24.3 Å². The number of carbonyl (C=O) groups is 1. The summed E-state index contributed by atoms with van der Waals surface area (Å²) >= 11 is 0. The minimum absolute atomic E-state index is 0.121. The Balaban J connectivity index is 2.83. The van der Waals surface area contributed by atoms with Gasteiger partial charge in [0.05, 0.1) is 17.5 Å². The summed E-state index contributed by atoms with van der Waals surface area (Å²) in [6, 6.07) is 5.41. The van der Waals surface area contributed by atoms with Gasteiger partial charge >= 0.3 is 0 Å². The van der Waals surface area contributed by atoms with Gasteiger partial charge in [0, 0.05) is 11.8 Å². The molecule has 0 aliphatic rings. The van der Waals surface area contributed by atoms with Crippen LogP contribution in [0.5, 0.6) is 0 Å². The van der Waals surface area contributed by atoms with Crippen molar-refractivity contribution in [1.82, 2.24) is 5.32 Å². The van der Waals surface area contributed by atoms with Gasteiger partial charge in [0.2, 0.25) is 0 Å². The number of hydrogen-bond donors (Lipinski definition) is 2. The summed E-state index contributed by atoms with van der Waals surface area (Å²) in [5, 5.41) is 11.6.